The number of hydrogen-bond donors (Lipinski definition) is 1. The molecule has 0 spiro atoms. The lowest BCUT2D eigenvalue weighted by atomic mass is 9.95. The molecule has 1 aromatic carbocycles. The Kier molecular flexibility index (Phi) is 6.20. The van der Waals surface area contributed by atoms with Gasteiger partial charge in [-0.25, -0.2) is 0 Å². The SMILES string of the molecule is COC(=O)[C@H]1CCCCC[C@H]1NCc1nnc(-c2ccccc2Br)o1. The van der Waals surface area contributed by atoms with Gasteiger partial charge in [-0.1, -0.05) is 31.4 Å². The van der Waals surface area contributed by atoms with Crippen LogP contribution in [0.5, 0.6) is 0 Å². The first kappa shape index (κ1) is 18.1. The van der Waals surface area contributed by atoms with Crippen molar-refractivity contribution in [3.8, 4) is 11.5 Å². The Morgan fingerprint density at radius 1 is 1.28 bits per heavy atom. The van der Waals surface area contributed by atoms with Crippen LogP contribution in [0, 0.1) is 5.92 Å². The first-order valence-corrected chi connectivity index (χ1v) is 9.37. The molecular formula is C18H22BrN3O3. The van der Waals surface area contributed by atoms with Crippen LogP contribution >= 0.6 is 15.9 Å². The van der Waals surface area contributed by atoms with E-state index in [1.165, 1.54) is 7.11 Å². The second-order valence-electron chi connectivity index (χ2n) is 6.24. The topological polar surface area (TPSA) is 77.2 Å². The molecule has 25 heavy (non-hydrogen) atoms. The summed E-state index contributed by atoms with van der Waals surface area (Å²) < 4.78 is 11.6. The molecular weight excluding hydrogens is 386 g/mol. The van der Waals surface area contributed by atoms with Gasteiger partial charge in [-0.15, -0.1) is 10.2 Å². The van der Waals surface area contributed by atoms with Crippen LogP contribution in [0.1, 0.15) is 38.0 Å². The van der Waals surface area contributed by atoms with Gasteiger partial charge in [0.15, 0.2) is 0 Å². The third-order valence-electron chi connectivity index (χ3n) is 4.61. The summed E-state index contributed by atoms with van der Waals surface area (Å²) in [6, 6.07) is 7.80. The van der Waals surface area contributed by atoms with Crippen LogP contribution in [0.3, 0.4) is 0 Å². The van der Waals surface area contributed by atoms with Crippen molar-refractivity contribution in [2.24, 2.45) is 5.92 Å². The Morgan fingerprint density at radius 3 is 2.88 bits per heavy atom. The molecule has 1 aromatic heterocycles. The normalized spacial score (nSPS) is 20.9. The van der Waals surface area contributed by atoms with Gasteiger partial charge in [0.1, 0.15) is 0 Å². The zero-order chi connectivity index (χ0) is 17.6. The van der Waals surface area contributed by atoms with Gasteiger partial charge in [0, 0.05) is 10.5 Å². The number of ether oxygens (including phenoxy) is 1. The molecule has 1 heterocycles. The minimum Gasteiger partial charge on any atom is -0.469 e. The van der Waals surface area contributed by atoms with Gasteiger partial charge in [0.05, 0.1) is 25.1 Å². The van der Waals surface area contributed by atoms with Gasteiger partial charge >= 0.3 is 5.97 Å². The number of rotatable bonds is 5. The lowest BCUT2D eigenvalue weighted by molar-refractivity contribution is -0.146. The van der Waals surface area contributed by atoms with Gasteiger partial charge in [-0.2, -0.15) is 0 Å². The summed E-state index contributed by atoms with van der Waals surface area (Å²) in [4.78, 5) is 12.0. The van der Waals surface area contributed by atoms with Crippen LogP contribution in [-0.4, -0.2) is 29.3 Å². The minimum atomic E-state index is -0.140. The maximum atomic E-state index is 12.0. The lowest BCUT2D eigenvalue weighted by Crippen LogP contribution is -2.39. The molecule has 0 aliphatic heterocycles. The molecule has 1 saturated carbocycles. The molecule has 3 rings (SSSR count). The summed E-state index contributed by atoms with van der Waals surface area (Å²) in [5.74, 6) is 0.741. The predicted octanol–water partition coefficient (Wildman–Crippen LogP) is 3.71. The lowest BCUT2D eigenvalue weighted by Gasteiger charge is -2.23. The van der Waals surface area contributed by atoms with Crippen LogP contribution < -0.4 is 5.32 Å². The van der Waals surface area contributed by atoms with E-state index < -0.39 is 0 Å². The number of benzene rings is 1. The number of carbonyl (C=O) groups excluding carboxylic acids is 1. The third kappa shape index (κ3) is 4.46. The standard InChI is InChI=1S/C18H22BrN3O3/c1-24-18(23)13-8-3-2-4-10-15(13)20-11-16-21-22-17(25-16)12-7-5-6-9-14(12)19/h5-7,9,13,15,20H,2-4,8,10-11H2,1H3/t13-,15+/m0/s1. The van der Waals surface area contributed by atoms with Crippen LogP contribution in [0.15, 0.2) is 33.2 Å². The molecule has 2 aromatic rings. The summed E-state index contributed by atoms with van der Waals surface area (Å²) in [5, 5.41) is 11.7. The number of esters is 1. The second-order valence-corrected chi connectivity index (χ2v) is 7.09. The average molecular weight is 408 g/mol. The highest BCUT2D eigenvalue weighted by Crippen LogP contribution is 2.27. The van der Waals surface area contributed by atoms with Gasteiger partial charge in [-0.3, -0.25) is 4.79 Å². The molecule has 0 unspecified atom stereocenters. The van der Waals surface area contributed by atoms with E-state index in [-0.39, 0.29) is 17.9 Å². The fourth-order valence-electron chi connectivity index (χ4n) is 3.27. The van der Waals surface area contributed by atoms with E-state index >= 15 is 0 Å². The van der Waals surface area contributed by atoms with Crippen molar-refractivity contribution in [3.63, 3.8) is 0 Å². The zero-order valence-electron chi connectivity index (χ0n) is 14.2. The van der Waals surface area contributed by atoms with Crippen molar-refractivity contribution in [2.75, 3.05) is 7.11 Å². The zero-order valence-corrected chi connectivity index (χ0v) is 15.8. The highest BCUT2D eigenvalue weighted by Gasteiger charge is 2.30. The number of halogens is 1. The first-order valence-electron chi connectivity index (χ1n) is 8.57. The van der Waals surface area contributed by atoms with E-state index in [9.17, 15) is 4.79 Å². The maximum Gasteiger partial charge on any atom is 0.310 e. The molecule has 1 fully saturated rings. The van der Waals surface area contributed by atoms with Gasteiger partial charge in [0.25, 0.3) is 0 Å². The van der Waals surface area contributed by atoms with Crippen molar-refractivity contribution in [3.05, 3.63) is 34.6 Å². The van der Waals surface area contributed by atoms with Crippen LogP contribution in [0.2, 0.25) is 0 Å². The van der Waals surface area contributed by atoms with Crippen LogP contribution in [-0.2, 0) is 16.1 Å². The molecule has 2 atom stereocenters. The van der Waals surface area contributed by atoms with Crippen molar-refractivity contribution < 1.29 is 13.9 Å². The van der Waals surface area contributed by atoms with Crippen molar-refractivity contribution >= 4 is 21.9 Å². The number of nitrogens with one attached hydrogen (secondary N) is 1. The van der Waals surface area contributed by atoms with Gasteiger partial charge in [0.2, 0.25) is 11.8 Å². The molecule has 0 saturated heterocycles. The summed E-state index contributed by atoms with van der Waals surface area (Å²) in [6.45, 7) is 0.440. The Bertz CT molecular complexity index is 719. The van der Waals surface area contributed by atoms with E-state index in [0.29, 0.717) is 18.3 Å². The molecule has 1 aliphatic rings. The smallest absolute Gasteiger partial charge is 0.310 e. The van der Waals surface area contributed by atoms with E-state index in [1.807, 2.05) is 24.3 Å². The monoisotopic (exact) mass is 407 g/mol. The molecule has 1 N–H and O–H groups in total. The van der Waals surface area contributed by atoms with Crippen LogP contribution in [0.25, 0.3) is 11.5 Å². The highest BCUT2D eigenvalue weighted by molar-refractivity contribution is 9.10. The predicted molar refractivity (Wildman–Crippen MR) is 96.7 cm³/mol. The minimum absolute atomic E-state index is 0.0776. The Hall–Kier alpha value is -1.73. The third-order valence-corrected chi connectivity index (χ3v) is 5.30. The number of nitrogens with zero attached hydrogens (tertiary/aromatic N) is 2. The Labute approximate surface area is 155 Å². The molecule has 7 heteroatoms. The summed E-state index contributed by atoms with van der Waals surface area (Å²) in [6.07, 6.45) is 5.13. The number of hydrogen-bond acceptors (Lipinski definition) is 6. The molecule has 1 aliphatic carbocycles. The number of carbonyl (C=O) groups is 1. The Morgan fingerprint density at radius 2 is 2.08 bits per heavy atom. The van der Waals surface area contributed by atoms with E-state index in [1.54, 1.807) is 0 Å². The van der Waals surface area contributed by atoms with Crippen molar-refractivity contribution in [2.45, 2.75) is 44.7 Å². The quantitative estimate of drug-likeness (QED) is 0.601. The van der Waals surface area contributed by atoms with Gasteiger partial charge < -0.3 is 14.5 Å². The van der Waals surface area contributed by atoms with Crippen LogP contribution in [0.4, 0.5) is 0 Å². The second kappa shape index (κ2) is 8.58. The largest absolute Gasteiger partial charge is 0.469 e. The number of methoxy groups -OCH3 is 1. The first-order chi connectivity index (χ1) is 12.2. The molecule has 6 nitrogen and oxygen atoms in total. The molecule has 0 amide bonds. The summed E-state index contributed by atoms with van der Waals surface area (Å²) in [7, 11) is 1.45. The van der Waals surface area contributed by atoms with E-state index in [2.05, 4.69) is 31.4 Å². The molecule has 0 bridgehead atoms. The van der Waals surface area contributed by atoms with Crippen molar-refractivity contribution in [1.82, 2.24) is 15.5 Å². The van der Waals surface area contributed by atoms with E-state index in [0.717, 1.165) is 42.1 Å². The average Bonchev–Trinajstić information content (AvgIpc) is 2.97. The Balaban J connectivity index is 1.66. The summed E-state index contributed by atoms with van der Waals surface area (Å²) in [5.41, 5.74) is 0.864. The maximum absolute atomic E-state index is 12.0. The highest BCUT2D eigenvalue weighted by atomic mass is 79.9. The summed E-state index contributed by atoms with van der Waals surface area (Å²) >= 11 is 3.49. The van der Waals surface area contributed by atoms with Gasteiger partial charge in [-0.05, 0) is 40.9 Å². The fourth-order valence-corrected chi connectivity index (χ4v) is 3.73. The number of aromatic nitrogens is 2. The fraction of sp³-hybridized carbons (Fsp3) is 0.500. The van der Waals surface area contributed by atoms with E-state index in [4.69, 9.17) is 9.15 Å². The molecule has 0 radical (unpaired) electrons. The molecule has 134 valence electrons. The van der Waals surface area contributed by atoms with Crippen molar-refractivity contribution in [1.29, 1.82) is 0 Å².